The summed E-state index contributed by atoms with van der Waals surface area (Å²) in [6, 6.07) is 38.2. The lowest BCUT2D eigenvalue weighted by molar-refractivity contribution is 0.312. The van der Waals surface area contributed by atoms with Crippen LogP contribution in [0.4, 0.5) is 29.1 Å². The lowest BCUT2D eigenvalue weighted by Gasteiger charge is -2.33. The number of likely N-dealkylation sites (N-methyl/N-ethyl adjacent to an activating group) is 1. The van der Waals surface area contributed by atoms with Crippen molar-refractivity contribution in [1.82, 2.24) is 69.1 Å². The Morgan fingerprint density at radius 3 is 2.20 bits per heavy atom. The van der Waals surface area contributed by atoms with Crippen molar-refractivity contribution in [3.8, 4) is 57.0 Å². The second-order valence-corrected chi connectivity index (χ2v) is 20.9. The number of fused-ring (bicyclic) bond motifs is 7. The lowest BCUT2D eigenvalue weighted by atomic mass is 10.0. The minimum absolute atomic E-state index is 0.322. The monoisotopic (exact) mass is 1110 g/mol. The number of pyridine rings is 2. The predicted octanol–water partition coefficient (Wildman–Crippen LogP) is 12.3. The van der Waals surface area contributed by atoms with Gasteiger partial charge >= 0.3 is 0 Å². The highest BCUT2D eigenvalue weighted by Gasteiger charge is 2.26. The van der Waals surface area contributed by atoms with Crippen molar-refractivity contribution in [3.05, 3.63) is 158 Å². The molecule has 1 aliphatic rings. The van der Waals surface area contributed by atoms with Crippen LogP contribution in [0.1, 0.15) is 5.82 Å². The van der Waals surface area contributed by atoms with Gasteiger partial charge in [0.2, 0.25) is 23.7 Å². The van der Waals surface area contributed by atoms with Crippen LogP contribution in [0.25, 0.3) is 122 Å². The van der Waals surface area contributed by atoms with Gasteiger partial charge < -0.3 is 48.3 Å². The first-order chi connectivity index (χ1) is 41.2. The molecule has 4 N–H and O–H groups in total. The van der Waals surface area contributed by atoms with Gasteiger partial charge in [0.05, 0.1) is 53.3 Å². The van der Waals surface area contributed by atoms with Crippen LogP contribution < -0.4 is 25.0 Å². The fourth-order valence-corrected chi connectivity index (χ4v) is 11.4. The normalized spacial score (nSPS) is 13.2. The third-order valence-electron chi connectivity index (χ3n) is 15.6. The number of hydrogen-bond acceptors (Lipinski definition) is 17. The molecule has 84 heavy (non-hydrogen) atoms. The van der Waals surface area contributed by atoms with Crippen molar-refractivity contribution < 1.29 is 18.3 Å². The largest absolute Gasteiger partial charge is 0.480 e. The standard InChI is InChI=1S/C63H49N17O4/c1-34-68-58-55(60(69-34)81-3)45(51-26-37-7-5-6-8-49(37)83-51)32-79(58)42-12-15-50-38(25-42)27-52(84-50)46-33-80(59-56(46)61(82-4)75-63(74-59)71-40-11-14-48-39(24-40)29-67-76-48)53-16-10-36-23-35(9-13-47(36)72-53)43-30-65-57-44(43)31-66-62(73-57)70-41-17-18-64-54(28-41)78-21-19-77(2)20-22-78/h5-18,23-33H,19-22H2,1-4H3,(H,67,76)(H,71,74,75)(H2,64,65,66,70,73). The van der Waals surface area contributed by atoms with Gasteiger partial charge in [0.1, 0.15) is 45.8 Å². The van der Waals surface area contributed by atoms with E-state index in [2.05, 4.69) is 76.9 Å². The number of benzene rings is 4. The second kappa shape index (κ2) is 19.2. The lowest BCUT2D eigenvalue weighted by Crippen LogP contribution is -2.44. The molecule has 16 rings (SSSR count). The van der Waals surface area contributed by atoms with E-state index >= 15 is 0 Å². The maximum Gasteiger partial charge on any atom is 0.232 e. The Morgan fingerprint density at radius 2 is 1.36 bits per heavy atom. The van der Waals surface area contributed by atoms with E-state index in [0.717, 1.165) is 115 Å². The molecule has 1 fully saturated rings. The van der Waals surface area contributed by atoms with E-state index in [4.69, 9.17) is 48.2 Å². The first kappa shape index (κ1) is 48.7. The average molecular weight is 1110 g/mol. The molecule has 1 saturated heterocycles. The third kappa shape index (κ3) is 8.31. The molecule has 0 radical (unpaired) electrons. The minimum atomic E-state index is 0.322. The summed E-state index contributed by atoms with van der Waals surface area (Å²) in [6.45, 7) is 5.71. The number of nitrogens with zero attached hydrogens (tertiary/aromatic N) is 13. The Kier molecular flexibility index (Phi) is 11.2. The Bertz CT molecular complexity index is 5070. The topological polar surface area (TPSA) is 233 Å². The van der Waals surface area contributed by atoms with Crippen LogP contribution in [0.15, 0.2) is 161 Å². The number of anilines is 5. The molecule has 0 aliphatic carbocycles. The summed E-state index contributed by atoms with van der Waals surface area (Å²) in [5.74, 6) is 4.97. The zero-order chi connectivity index (χ0) is 56.2. The van der Waals surface area contributed by atoms with Gasteiger partial charge in [0.25, 0.3) is 0 Å². The zero-order valence-corrected chi connectivity index (χ0v) is 45.7. The van der Waals surface area contributed by atoms with E-state index in [9.17, 15) is 0 Å². The van der Waals surface area contributed by atoms with E-state index in [-0.39, 0.29) is 0 Å². The highest BCUT2D eigenvalue weighted by atomic mass is 16.5. The number of hydrogen-bond donors (Lipinski definition) is 4. The van der Waals surface area contributed by atoms with Crippen LogP contribution >= 0.6 is 0 Å². The van der Waals surface area contributed by atoms with Crippen LogP contribution in [-0.4, -0.2) is 117 Å². The van der Waals surface area contributed by atoms with E-state index in [0.29, 0.717) is 80.3 Å². The van der Waals surface area contributed by atoms with Gasteiger partial charge in [-0.3, -0.25) is 9.67 Å². The number of nitrogens with one attached hydrogen (secondary N) is 4. The zero-order valence-electron chi connectivity index (χ0n) is 45.7. The van der Waals surface area contributed by atoms with Crippen LogP contribution in [0.5, 0.6) is 11.8 Å². The van der Waals surface area contributed by atoms with Crippen LogP contribution in [-0.2, 0) is 0 Å². The summed E-state index contributed by atoms with van der Waals surface area (Å²) in [6.07, 6.45) is 11.4. The molecular formula is C63H49N17O4. The maximum absolute atomic E-state index is 6.76. The number of H-pyrrole nitrogens is 2. The molecule has 11 aromatic heterocycles. The Balaban J connectivity index is 0.760. The molecule has 0 amide bonds. The summed E-state index contributed by atoms with van der Waals surface area (Å²) in [4.78, 5) is 47.2. The van der Waals surface area contributed by atoms with Gasteiger partial charge in [0.15, 0.2) is 11.3 Å². The van der Waals surface area contributed by atoms with Crippen molar-refractivity contribution in [2.75, 3.05) is 63.0 Å². The summed E-state index contributed by atoms with van der Waals surface area (Å²) in [7, 11) is 5.37. The second-order valence-electron chi connectivity index (χ2n) is 20.9. The molecule has 0 atom stereocenters. The Hall–Kier alpha value is -11.2. The molecule has 0 saturated carbocycles. The minimum Gasteiger partial charge on any atom is -0.480 e. The number of ether oxygens (including phenoxy) is 2. The molecule has 4 aromatic carbocycles. The van der Waals surface area contributed by atoms with Crippen molar-refractivity contribution in [2.45, 2.75) is 6.92 Å². The number of aryl methyl sites for hydroxylation is 1. The van der Waals surface area contributed by atoms with Gasteiger partial charge in [-0.15, -0.1) is 0 Å². The highest BCUT2D eigenvalue weighted by molar-refractivity contribution is 6.03. The summed E-state index contributed by atoms with van der Waals surface area (Å²) in [5, 5.41) is 20.0. The molecule has 21 nitrogen and oxygen atoms in total. The van der Waals surface area contributed by atoms with Crippen molar-refractivity contribution in [1.29, 1.82) is 0 Å². The predicted molar refractivity (Wildman–Crippen MR) is 324 cm³/mol. The number of methoxy groups -OCH3 is 2. The van der Waals surface area contributed by atoms with E-state index in [1.54, 1.807) is 20.4 Å². The summed E-state index contributed by atoms with van der Waals surface area (Å²) < 4.78 is 29.2. The maximum atomic E-state index is 6.76. The SMILES string of the molecule is COc1nc(C)nc2c1c(-c1cc3ccccc3o1)cn2-c1ccc2oc(-c3cn(-c4ccc5cc(-c6c[nH]c7nc(Nc8ccnc(N9CCN(C)CC9)c8)ncc67)ccc5n4)c4nc(Nc5ccc6[nH]ncc6c5)nc(OC)c34)cc2c1. The van der Waals surface area contributed by atoms with Crippen LogP contribution in [0.3, 0.4) is 0 Å². The number of aromatic nitrogens is 13. The van der Waals surface area contributed by atoms with Gasteiger partial charge in [-0.2, -0.15) is 25.0 Å². The summed E-state index contributed by atoms with van der Waals surface area (Å²) >= 11 is 0. The quantitative estimate of drug-likeness (QED) is 0.0890. The Labute approximate surface area is 476 Å². The molecule has 0 bridgehead atoms. The fraction of sp³-hybridized carbons (Fsp3) is 0.127. The molecule has 21 heteroatoms. The fourth-order valence-electron chi connectivity index (χ4n) is 11.4. The van der Waals surface area contributed by atoms with Crippen molar-refractivity contribution >= 4 is 106 Å². The first-order valence-corrected chi connectivity index (χ1v) is 27.3. The number of rotatable bonds is 12. The van der Waals surface area contributed by atoms with Gasteiger partial charge in [-0.25, -0.2) is 19.9 Å². The molecule has 15 aromatic rings. The number of piperazine rings is 1. The van der Waals surface area contributed by atoms with Crippen molar-refractivity contribution in [2.24, 2.45) is 0 Å². The van der Waals surface area contributed by atoms with E-state index in [1.165, 1.54) is 0 Å². The van der Waals surface area contributed by atoms with E-state index in [1.807, 2.05) is 138 Å². The molecule has 12 heterocycles. The highest BCUT2D eigenvalue weighted by Crippen LogP contribution is 2.43. The molecule has 410 valence electrons. The van der Waals surface area contributed by atoms with Gasteiger partial charge in [-0.1, -0.05) is 24.3 Å². The average Bonchev–Trinajstić information content (AvgIpc) is 2.18. The molecule has 1 aliphatic heterocycles. The molecular weight excluding hydrogens is 1060 g/mol. The van der Waals surface area contributed by atoms with Crippen LogP contribution in [0, 0.1) is 6.92 Å². The van der Waals surface area contributed by atoms with Gasteiger partial charge in [-0.05, 0) is 104 Å². The number of para-hydroxylation sites is 1. The van der Waals surface area contributed by atoms with Gasteiger partial charge in [0, 0.05) is 113 Å². The van der Waals surface area contributed by atoms with Crippen molar-refractivity contribution in [3.63, 3.8) is 0 Å². The number of aromatic amines is 2. The summed E-state index contributed by atoms with van der Waals surface area (Å²) in [5.41, 5.74) is 11.0. The van der Waals surface area contributed by atoms with Crippen LogP contribution in [0.2, 0.25) is 0 Å². The Morgan fingerprint density at radius 1 is 0.583 bits per heavy atom. The number of furan rings is 2. The third-order valence-corrected chi connectivity index (χ3v) is 15.6. The van der Waals surface area contributed by atoms with E-state index < -0.39 is 0 Å². The molecule has 0 spiro atoms. The smallest absolute Gasteiger partial charge is 0.232 e. The first-order valence-electron chi connectivity index (χ1n) is 27.3. The molecule has 0 unspecified atom stereocenters.